The highest BCUT2D eigenvalue weighted by atomic mass is 35.5. The molecule has 3 N–H and O–H groups in total. The van der Waals surface area contributed by atoms with Gasteiger partial charge in [0.05, 0.1) is 24.0 Å². The lowest BCUT2D eigenvalue weighted by molar-refractivity contribution is -0.134. The standard InChI is InChI=1S/C32H41ClN4O4S/c1-4-5-12-26(28(38)29(39)35-22(2)23-10-7-6-8-11-23)37(31(40)41)20-32(17-9-18-32)21-42-30-34-19-27(36(30)3)24-13-15-25(33)16-14-24/h6-8,10-11,13-16,19,22,26,28,38H,4-5,9,12,17-18,20-21H2,1-3H3,(H,35,39)(H,40,41)/t22-,26+,28?/m1/s1. The lowest BCUT2D eigenvalue weighted by atomic mass is 9.69. The second-order valence-corrected chi connectivity index (χ2v) is 12.7. The van der Waals surface area contributed by atoms with Crippen molar-refractivity contribution in [2.24, 2.45) is 12.5 Å². The van der Waals surface area contributed by atoms with Crippen LogP contribution in [0.25, 0.3) is 11.3 Å². The number of nitrogens with zero attached hydrogens (tertiary/aromatic N) is 3. The van der Waals surface area contributed by atoms with Crippen LogP contribution in [0, 0.1) is 5.41 Å². The van der Waals surface area contributed by atoms with Crippen molar-refractivity contribution in [3.05, 3.63) is 71.4 Å². The van der Waals surface area contributed by atoms with Gasteiger partial charge < -0.3 is 25.0 Å². The van der Waals surface area contributed by atoms with E-state index in [-0.39, 0.29) is 18.0 Å². The Bertz CT molecular complexity index is 1330. The zero-order chi connectivity index (χ0) is 30.3. The number of nitrogens with one attached hydrogen (secondary N) is 1. The molecule has 0 radical (unpaired) electrons. The predicted molar refractivity (Wildman–Crippen MR) is 168 cm³/mol. The van der Waals surface area contributed by atoms with E-state index in [0.29, 0.717) is 23.6 Å². The molecule has 3 aromatic rings. The van der Waals surface area contributed by atoms with Crippen molar-refractivity contribution in [3.63, 3.8) is 0 Å². The summed E-state index contributed by atoms with van der Waals surface area (Å²) in [4.78, 5) is 31.8. The number of amides is 2. The van der Waals surface area contributed by atoms with Gasteiger partial charge in [0.2, 0.25) is 0 Å². The molecule has 0 saturated heterocycles. The molecule has 8 nitrogen and oxygen atoms in total. The number of rotatable bonds is 14. The molecule has 1 fully saturated rings. The first-order valence-corrected chi connectivity index (χ1v) is 15.9. The summed E-state index contributed by atoms with van der Waals surface area (Å²) in [5, 5.41) is 26.0. The first kappa shape index (κ1) is 31.9. The third-order valence-electron chi connectivity index (χ3n) is 8.30. The maximum absolute atomic E-state index is 13.2. The smallest absolute Gasteiger partial charge is 0.407 e. The van der Waals surface area contributed by atoms with Crippen LogP contribution >= 0.6 is 23.4 Å². The molecule has 1 aliphatic carbocycles. The van der Waals surface area contributed by atoms with Gasteiger partial charge in [0.1, 0.15) is 0 Å². The number of aliphatic hydroxyl groups excluding tert-OH is 1. The van der Waals surface area contributed by atoms with E-state index in [0.717, 1.165) is 47.7 Å². The molecule has 0 aliphatic heterocycles. The fourth-order valence-electron chi connectivity index (χ4n) is 5.54. The Morgan fingerprint density at radius 3 is 2.45 bits per heavy atom. The van der Waals surface area contributed by atoms with Gasteiger partial charge >= 0.3 is 6.09 Å². The van der Waals surface area contributed by atoms with Crippen molar-refractivity contribution in [2.45, 2.75) is 75.7 Å². The SMILES string of the molecule is CCCC[C@@H](C(O)C(=O)N[C@H](C)c1ccccc1)N(CC1(CSc2ncc(-c3ccc(Cl)cc3)n2C)CCC1)C(=O)O. The number of aliphatic hydroxyl groups is 1. The molecule has 226 valence electrons. The normalized spacial score (nSPS) is 16.2. The second-order valence-electron chi connectivity index (χ2n) is 11.3. The van der Waals surface area contributed by atoms with Crippen LogP contribution in [-0.4, -0.2) is 61.1 Å². The minimum Gasteiger partial charge on any atom is -0.465 e. The van der Waals surface area contributed by atoms with Crippen LogP contribution in [0.3, 0.4) is 0 Å². The quantitative estimate of drug-likeness (QED) is 0.173. The number of carbonyl (C=O) groups excluding carboxylic acids is 1. The number of aromatic nitrogens is 2. The van der Waals surface area contributed by atoms with Gasteiger partial charge in [-0.25, -0.2) is 9.78 Å². The van der Waals surface area contributed by atoms with Gasteiger partial charge in [-0.2, -0.15) is 0 Å². The van der Waals surface area contributed by atoms with Crippen LogP contribution < -0.4 is 5.32 Å². The van der Waals surface area contributed by atoms with Crippen molar-refractivity contribution < 1.29 is 19.8 Å². The van der Waals surface area contributed by atoms with Crippen molar-refractivity contribution in [2.75, 3.05) is 12.3 Å². The van der Waals surface area contributed by atoms with Gasteiger partial charge in [0.15, 0.2) is 11.3 Å². The van der Waals surface area contributed by atoms with Crippen LogP contribution in [0.5, 0.6) is 0 Å². The minimum absolute atomic E-state index is 0.257. The molecule has 2 amide bonds. The molecule has 2 aromatic carbocycles. The maximum Gasteiger partial charge on any atom is 0.407 e. The first-order chi connectivity index (χ1) is 20.1. The van der Waals surface area contributed by atoms with E-state index in [4.69, 9.17) is 11.6 Å². The van der Waals surface area contributed by atoms with Crippen molar-refractivity contribution in [3.8, 4) is 11.3 Å². The van der Waals surface area contributed by atoms with Crippen LogP contribution in [0.4, 0.5) is 4.79 Å². The molecule has 4 rings (SSSR count). The maximum atomic E-state index is 13.2. The predicted octanol–water partition coefficient (Wildman–Crippen LogP) is 6.78. The third-order valence-corrected chi connectivity index (χ3v) is 9.95. The molecule has 1 unspecified atom stereocenters. The van der Waals surface area contributed by atoms with Crippen LogP contribution in [0.2, 0.25) is 5.02 Å². The lowest BCUT2D eigenvalue weighted by Crippen LogP contribution is -2.56. The van der Waals surface area contributed by atoms with Crippen LogP contribution in [0.1, 0.15) is 64.0 Å². The molecule has 1 aromatic heterocycles. The first-order valence-electron chi connectivity index (χ1n) is 14.6. The van der Waals surface area contributed by atoms with Crippen molar-refractivity contribution in [1.82, 2.24) is 19.8 Å². The van der Waals surface area contributed by atoms with E-state index in [1.54, 1.807) is 11.8 Å². The molecule has 1 aliphatic rings. The Balaban J connectivity index is 1.47. The average molecular weight is 613 g/mol. The van der Waals surface area contributed by atoms with E-state index in [1.807, 2.05) is 86.3 Å². The van der Waals surface area contributed by atoms with Crippen molar-refractivity contribution >= 4 is 35.4 Å². The highest BCUT2D eigenvalue weighted by molar-refractivity contribution is 7.99. The zero-order valence-electron chi connectivity index (χ0n) is 24.5. The lowest BCUT2D eigenvalue weighted by Gasteiger charge is -2.46. The Morgan fingerprint density at radius 2 is 1.86 bits per heavy atom. The van der Waals surface area contributed by atoms with Gasteiger partial charge in [-0.1, -0.05) is 92.0 Å². The van der Waals surface area contributed by atoms with Gasteiger partial charge in [-0.3, -0.25) is 4.79 Å². The summed E-state index contributed by atoms with van der Waals surface area (Å²) < 4.78 is 2.04. The van der Waals surface area contributed by atoms with E-state index in [9.17, 15) is 19.8 Å². The van der Waals surface area contributed by atoms with Crippen LogP contribution in [-0.2, 0) is 11.8 Å². The number of imidazole rings is 1. The monoisotopic (exact) mass is 612 g/mol. The Morgan fingerprint density at radius 1 is 1.17 bits per heavy atom. The fraction of sp³-hybridized carbons (Fsp3) is 0.469. The summed E-state index contributed by atoms with van der Waals surface area (Å²) in [5.41, 5.74) is 2.65. The molecule has 0 bridgehead atoms. The zero-order valence-corrected chi connectivity index (χ0v) is 26.1. The summed E-state index contributed by atoms with van der Waals surface area (Å²) in [6.07, 6.45) is 3.97. The number of carboxylic acid groups (broad SMARTS) is 1. The molecule has 0 spiro atoms. The Kier molecular flexibility index (Phi) is 11.0. The van der Waals surface area contributed by atoms with Gasteiger partial charge in [-0.05, 0) is 54.9 Å². The molecular formula is C32H41ClN4O4S. The Hall–Kier alpha value is -3.01. The largest absolute Gasteiger partial charge is 0.465 e. The summed E-state index contributed by atoms with van der Waals surface area (Å²) in [6.45, 7) is 4.13. The summed E-state index contributed by atoms with van der Waals surface area (Å²) in [7, 11) is 1.97. The molecule has 1 saturated carbocycles. The number of benzene rings is 2. The van der Waals surface area contributed by atoms with E-state index >= 15 is 0 Å². The van der Waals surface area contributed by atoms with Gasteiger partial charge in [-0.15, -0.1) is 0 Å². The third kappa shape index (κ3) is 7.68. The molecular weight excluding hydrogens is 572 g/mol. The second kappa shape index (κ2) is 14.4. The summed E-state index contributed by atoms with van der Waals surface area (Å²) in [6, 6.07) is 16.0. The molecule has 42 heavy (non-hydrogen) atoms. The fourth-order valence-corrected chi connectivity index (χ4v) is 6.90. The van der Waals surface area contributed by atoms with Crippen LogP contribution in [0.15, 0.2) is 66.0 Å². The molecule has 10 heteroatoms. The number of unbranched alkanes of at least 4 members (excludes halogenated alkanes) is 1. The number of carbonyl (C=O) groups is 2. The number of hydrogen-bond donors (Lipinski definition) is 3. The van der Waals surface area contributed by atoms with E-state index in [2.05, 4.69) is 10.3 Å². The molecule has 1 heterocycles. The van der Waals surface area contributed by atoms with Crippen molar-refractivity contribution in [1.29, 1.82) is 0 Å². The topological polar surface area (TPSA) is 108 Å². The van der Waals surface area contributed by atoms with E-state index < -0.39 is 24.1 Å². The average Bonchev–Trinajstić information content (AvgIpc) is 3.33. The van der Waals surface area contributed by atoms with E-state index in [1.165, 1.54) is 4.90 Å². The number of hydrogen-bond acceptors (Lipinski definition) is 5. The highest BCUT2D eigenvalue weighted by Crippen LogP contribution is 2.46. The summed E-state index contributed by atoms with van der Waals surface area (Å²) >= 11 is 7.67. The Labute approximate surface area is 257 Å². The molecule has 3 atom stereocenters. The highest BCUT2D eigenvalue weighted by Gasteiger charge is 2.44. The number of halogens is 1. The van der Waals surface area contributed by atoms with Gasteiger partial charge in [0.25, 0.3) is 5.91 Å². The minimum atomic E-state index is -1.47. The number of thioether (sulfide) groups is 1. The summed E-state index contributed by atoms with van der Waals surface area (Å²) in [5.74, 6) is 0.133. The van der Waals surface area contributed by atoms with Gasteiger partial charge in [0, 0.05) is 24.4 Å².